The van der Waals surface area contributed by atoms with E-state index in [0.29, 0.717) is 11.4 Å². The zero-order valence-corrected chi connectivity index (χ0v) is 11.8. The van der Waals surface area contributed by atoms with Crippen molar-refractivity contribution in [3.05, 3.63) is 24.3 Å². The van der Waals surface area contributed by atoms with E-state index in [-0.39, 0.29) is 24.9 Å². The van der Waals surface area contributed by atoms with Gasteiger partial charge in [0.05, 0.1) is 24.8 Å². The Morgan fingerprint density at radius 3 is 2.55 bits per heavy atom. The van der Waals surface area contributed by atoms with Crippen LogP contribution in [0.5, 0.6) is 5.75 Å². The predicted molar refractivity (Wildman–Crippen MR) is 77.2 cm³/mol. The van der Waals surface area contributed by atoms with Crippen molar-refractivity contribution in [3.63, 3.8) is 0 Å². The average molecular weight is 279 g/mol. The van der Waals surface area contributed by atoms with Crippen LogP contribution in [0.25, 0.3) is 0 Å². The summed E-state index contributed by atoms with van der Waals surface area (Å²) in [6, 6.07) is 6.38. The molecule has 0 radical (unpaired) electrons. The lowest BCUT2D eigenvalue weighted by molar-refractivity contribution is -0.119. The van der Waals surface area contributed by atoms with Crippen LogP contribution in [0.2, 0.25) is 0 Å². The summed E-state index contributed by atoms with van der Waals surface area (Å²) in [5, 5.41) is 2.72. The number of rotatable bonds is 7. The molecule has 20 heavy (non-hydrogen) atoms. The molecule has 6 heteroatoms. The Balaban J connectivity index is 2.70. The molecular weight excluding hydrogens is 258 g/mol. The molecule has 110 valence electrons. The molecule has 0 aliphatic heterocycles. The van der Waals surface area contributed by atoms with Crippen LogP contribution in [-0.4, -0.2) is 24.5 Å². The number of carbonyl (C=O) groups excluding carboxylic acids is 2. The maximum atomic E-state index is 11.9. The molecule has 6 nitrogen and oxygen atoms in total. The Hall–Kier alpha value is -2.08. The summed E-state index contributed by atoms with van der Waals surface area (Å²) in [7, 11) is 0. The number of carbonyl (C=O) groups is 2. The summed E-state index contributed by atoms with van der Waals surface area (Å²) in [4.78, 5) is 22.6. The van der Waals surface area contributed by atoms with Gasteiger partial charge < -0.3 is 21.5 Å². The molecule has 0 heterocycles. The SMILES string of the molecule is CC(C)[C@@H](N)C(=O)Nc1ccccc1OCCC(N)=O. The van der Waals surface area contributed by atoms with Crippen LogP contribution >= 0.6 is 0 Å². The quantitative estimate of drug-likeness (QED) is 0.688. The Morgan fingerprint density at radius 1 is 1.30 bits per heavy atom. The maximum absolute atomic E-state index is 11.9. The van der Waals surface area contributed by atoms with E-state index in [1.165, 1.54) is 0 Å². The van der Waals surface area contributed by atoms with E-state index < -0.39 is 11.9 Å². The first-order valence-corrected chi connectivity index (χ1v) is 6.48. The van der Waals surface area contributed by atoms with Crippen LogP contribution in [0.3, 0.4) is 0 Å². The van der Waals surface area contributed by atoms with E-state index in [0.717, 1.165) is 0 Å². The number of hydrogen-bond acceptors (Lipinski definition) is 4. The lowest BCUT2D eigenvalue weighted by Gasteiger charge is -2.17. The Morgan fingerprint density at radius 2 is 1.95 bits per heavy atom. The van der Waals surface area contributed by atoms with Gasteiger partial charge in [-0.3, -0.25) is 9.59 Å². The van der Waals surface area contributed by atoms with Crippen molar-refractivity contribution in [2.24, 2.45) is 17.4 Å². The van der Waals surface area contributed by atoms with Crippen molar-refractivity contribution >= 4 is 17.5 Å². The van der Waals surface area contributed by atoms with Crippen molar-refractivity contribution in [1.29, 1.82) is 0 Å². The minimum absolute atomic E-state index is 0.0398. The van der Waals surface area contributed by atoms with Gasteiger partial charge in [0.15, 0.2) is 0 Å². The number of hydrogen-bond donors (Lipinski definition) is 3. The summed E-state index contributed by atoms with van der Waals surface area (Å²) < 4.78 is 5.43. The highest BCUT2D eigenvalue weighted by atomic mass is 16.5. The topological polar surface area (TPSA) is 107 Å². The lowest BCUT2D eigenvalue weighted by atomic mass is 10.0. The number of amides is 2. The van der Waals surface area contributed by atoms with Crippen molar-refractivity contribution in [2.75, 3.05) is 11.9 Å². The summed E-state index contributed by atoms with van der Waals surface area (Å²) in [5.74, 6) is -0.185. The fraction of sp³-hybridized carbons (Fsp3) is 0.429. The second-order valence-corrected chi connectivity index (χ2v) is 4.82. The smallest absolute Gasteiger partial charge is 0.241 e. The molecule has 0 bridgehead atoms. The van der Waals surface area contributed by atoms with Crippen LogP contribution in [0.15, 0.2) is 24.3 Å². The van der Waals surface area contributed by atoms with E-state index in [1.54, 1.807) is 24.3 Å². The zero-order chi connectivity index (χ0) is 15.1. The molecule has 1 aromatic rings. The van der Waals surface area contributed by atoms with Gasteiger partial charge in [0, 0.05) is 0 Å². The Kier molecular flexibility index (Phi) is 5.99. The number of para-hydroxylation sites is 2. The monoisotopic (exact) mass is 279 g/mol. The molecule has 5 N–H and O–H groups in total. The lowest BCUT2D eigenvalue weighted by Crippen LogP contribution is -2.39. The summed E-state index contributed by atoms with van der Waals surface area (Å²) in [6.45, 7) is 3.91. The van der Waals surface area contributed by atoms with Gasteiger partial charge in [-0.1, -0.05) is 26.0 Å². The second kappa shape index (κ2) is 7.49. The first kappa shape index (κ1) is 16.0. The zero-order valence-electron chi connectivity index (χ0n) is 11.8. The first-order chi connectivity index (χ1) is 9.41. The minimum Gasteiger partial charge on any atom is -0.491 e. The first-order valence-electron chi connectivity index (χ1n) is 6.48. The van der Waals surface area contributed by atoms with Crippen LogP contribution in [-0.2, 0) is 9.59 Å². The summed E-state index contributed by atoms with van der Waals surface area (Å²) in [5.41, 5.74) is 11.4. The molecular formula is C14H21N3O3. The fourth-order valence-electron chi connectivity index (χ4n) is 1.48. The van der Waals surface area contributed by atoms with Gasteiger partial charge in [-0.2, -0.15) is 0 Å². The predicted octanol–water partition coefficient (Wildman–Crippen LogP) is 0.863. The molecule has 2 amide bonds. The molecule has 0 saturated heterocycles. The number of primary amides is 1. The molecule has 0 aliphatic carbocycles. The molecule has 0 fully saturated rings. The number of nitrogens with one attached hydrogen (secondary N) is 1. The van der Waals surface area contributed by atoms with Gasteiger partial charge in [0.1, 0.15) is 5.75 Å². The van der Waals surface area contributed by atoms with E-state index in [9.17, 15) is 9.59 Å². The molecule has 0 aliphatic rings. The highest BCUT2D eigenvalue weighted by molar-refractivity contribution is 5.96. The van der Waals surface area contributed by atoms with Crippen LogP contribution < -0.4 is 21.5 Å². The molecule has 1 atom stereocenters. The third-order valence-electron chi connectivity index (χ3n) is 2.77. The van der Waals surface area contributed by atoms with E-state index in [2.05, 4.69) is 5.32 Å². The molecule has 0 spiro atoms. The van der Waals surface area contributed by atoms with Gasteiger partial charge in [-0.15, -0.1) is 0 Å². The highest BCUT2D eigenvalue weighted by Gasteiger charge is 2.18. The second-order valence-electron chi connectivity index (χ2n) is 4.82. The molecule has 1 aromatic carbocycles. The van der Waals surface area contributed by atoms with E-state index in [1.807, 2.05) is 13.8 Å². The van der Waals surface area contributed by atoms with Crippen LogP contribution in [0.1, 0.15) is 20.3 Å². The van der Waals surface area contributed by atoms with Crippen LogP contribution in [0.4, 0.5) is 5.69 Å². The minimum atomic E-state index is -0.589. The largest absolute Gasteiger partial charge is 0.491 e. The standard InChI is InChI=1S/C14H21N3O3/c1-9(2)13(16)14(19)17-10-5-3-4-6-11(10)20-8-7-12(15)18/h3-6,9,13H,7-8,16H2,1-2H3,(H2,15,18)(H,17,19)/t13-/m1/s1. The fourth-order valence-corrected chi connectivity index (χ4v) is 1.48. The van der Waals surface area contributed by atoms with Crippen molar-refractivity contribution in [2.45, 2.75) is 26.3 Å². The van der Waals surface area contributed by atoms with Gasteiger partial charge >= 0.3 is 0 Å². The van der Waals surface area contributed by atoms with Gasteiger partial charge in [0.25, 0.3) is 0 Å². The highest BCUT2D eigenvalue weighted by Crippen LogP contribution is 2.24. The summed E-state index contributed by atoms with van der Waals surface area (Å²) in [6.07, 6.45) is 0.119. The Labute approximate surface area is 118 Å². The summed E-state index contributed by atoms with van der Waals surface area (Å²) >= 11 is 0. The van der Waals surface area contributed by atoms with Crippen molar-refractivity contribution < 1.29 is 14.3 Å². The number of nitrogens with two attached hydrogens (primary N) is 2. The molecule has 1 rings (SSSR count). The molecule has 0 unspecified atom stereocenters. The average Bonchev–Trinajstić information content (AvgIpc) is 2.39. The Bertz CT molecular complexity index is 474. The van der Waals surface area contributed by atoms with Crippen molar-refractivity contribution in [3.8, 4) is 5.75 Å². The normalized spacial score (nSPS) is 12.0. The third kappa shape index (κ3) is 4.89. The van der Waals surface area contributed by atoms with Gasteiger partial charge in [-0.25, -0.2) is 0 Å². The number of anilines is 1. The molecule has 0 saturated carbocycles. The van der Waals surface area contributed by atoms with Crippen LogP contribution in [0, 0.1) is 5.92 Å². The van der Waals surface area contributed by atoms with E-state index in [4.69, 9.17) is 16.2 Å². The van der Waals surface area contributed by atoms with Crippen molar-refractivity contribution in [1.82, 2.24) is 0 Å². The van der Waals surface area contributed by atoms with Gasteiger partial charge in [-0.05, 0) is 18.1 Å². The van der Waals surface area contributed by atoms with Gasteiger partial charge in [0.2, 0.25) is 11.8 Å². The molecule has 0 aromatic heterocycles. The number of benzene rings is 1. The van der Waals surface area contributed by atoms with E-state index >= 15 is 0 Å². The number of ether oxygens (including phenoxy) is 1. The maximum Gasteiger partial charge on any atom is 0.241 e. The third-order valence-corrected chi connectivity index (χ3v) is 2.77.